The van der Waals surface area contributed by atoms with Crippen molar-refractivity contribution in [1.29, 1.82) is 0 Å². The zero-order chi connectivity index (χ0) is 13.5. The van der Waals surface area contributed by atoms with Crippen molar-refractivity contribution in [2.45, 2.75) is 90.0 Å². The second-order valence-electron chi connectivity index (χ2n) is 5.37. The Labute approximate surface area is 115 Å². The fourth-order valence-corrected chi connectivity index (χ4v) is 2.13. The van der Waals surface area contributed by atoms with Crippen molar-refractivity contribution in [2.24, 2.45) is 5.73 Å². The predicted molar refractivity (Wildman–Crippen MR) is 83.6 cm³/mol. The molecule has 2 N–H and O–H groups in total. The van der Waals surface area contributed by atoms with Gasteiger partial charge in [-0.3, -0.25) is 0 Å². The van der Waals surface area contributed by atoms with Gasteiger partial charge in [0.1, 0.15) is 0 Å². The van der Waals surface area contributed by atoms with Crippen molar-refractivity contribution in [3.05, 3.63) is 19.1 Å². The van der Waals surface area contributed by atoms with Crippen molar-refractivity contribution in [3.8, 4) is 0 Å². The van der Waals surface area contributed by atoms with E-state index in [1.807, 2.05) is 0 Å². The molecule has 0 fully saturated rings. The summed E-state index contributed by atoms with van der Waals surface area (Å²) in [6, 6.07) is 0.379. The molecule has 0 spiro atoms. The summed E-state index contributed by atoms with van der Waals surface area (Å²) in [5, 5.41) is 0. The van der Waals surface area contributed by atoms with E-state index in [0.717, 1.165) is 12.8 Å². The fourth-order valence-electron chi connectivity index (χ4n) is 2.13. The van der Waals surface area contributed by atoms with Crippen LogP contribution in [0.25, 0.3) is 0 Å². The van der Waals surface area contributed by atoms with Crippen LogP contribution in [0, 0.1) is 6.92 Å². The van der Waals surface area contributed by atoms with Gasteiger partial charge < -0.3 is 5.73 Å². The molecule has 1 radical (unpaired) electrons. The van der Waals surface area contributed by atoms with Gasteiger partial charge in [-0.25, -0.2) is 0 Å². The van der Waals surface area contributed by atoms with Crippen LogP contribution in [-0.4, -0.2) is 6.04 Å². The Kier molecular flexibility index (Phi) is 14.5. The summed E-state index contributed by atoms with van der Waals surface area (Å²) >= 11 is 0. The van der Waals surface area contributed by atoms with Gasteiger partial charge >= 0.3 is 0 Å². The SMILES string of the molecule is [CH2]CCCCCC/C=C/CC(N)CCCCCC. The Bertz CT molecular complexity index is 174. The molecule has 1 atom stereocenters. The first-order valence-electron chi connectivity index (χ1n) is 8.01. The maximum Gasteiger partial charge on any atom is 0.00734 e. The van der Waals surface area contributed by atoms with Gasteiger partial charge in [0.15, 0.2) is 0 Å². The zero-order valence-electron chi connectivity index (χ0n) is 12.5. The first-order valence-corrected chi connectivity index (χ1v) is 8.01. The number of hydrogen-bond donors (Lipinski definition) is 1. The van der Waals surface area contributed by atoms with E-state index < -0.39 is 0 Å². The molecule has 107 valence electrons. The van der Waals surface area contributed by atoms with E-state index in [9.17, 15) is 0 Å². The number of nitrogens with two attached hydrogens (primary N) is 1. The second kappa shape index (κ2) is 14.8. The highest BCUT2D eigenvalue weighted by molar-refractivity contribution is 4.85. The Balaban J connectivity index is 3.23. The third kappa shape index (κ3) is 13.8. The number of hydrogen-bond acceptors (Lipinski definition) is 1. The number of unbranched alkanes of at least 4 members (excludes halogenated alkanes) is 8. The molecule has 0 aromatic carbocycles. The highest BCUT2D eigenvalue weighted by Crippen LogP contribution is 2.08. The van der Waals surface area contributed by atoms with Gasteiger partial charge in [0.05, 0.1) is 0 Å². The van der Waals surface area contributed by atoms with Crippen LogP contribution >= 0.6 is 0 Å². The van der Waals surface area contributed by atoms with Gasteiger partial charge in [0, 0.05) is 6.04 Å². The van der Waals surface area contributed by atoms with Gasteiger partial charge in [-0.1, -0.05) is 77.4 Å². The molecule has 1 nitrogen and oxygen atoms in total. The van der Waals surface area contributed by atoms with Gasteiger partial charge in [-0.2, -0.15) is 0 Å². The molecule has 0 aromatic rings. The minimum absolute atomic E-state index is 0.379. The van der Waals surface area contributed by atoms with E-state index in [4.69, 9.17) is 5.73 Å². The average molecular weight is 252 g/mol. The molecule has 0 amide bonds. The van der Waals surface area contributed by atoms with Gasteiger partial charge in [-0.05, 0) is 25.7 Å². The Hall–Kier alpha value is -0.300. The normalized spacial score (nSPS) is 13.3. The molecule has 1 unspecified atom stereocenters. The Morgan fingerprint density at radius 2 is 1.67 bits per heavy atom. The lowest BCUT2D eigenvalue weighted by molar-refractivity contribution is 0.551. The molecule has 0 aliphatic heterocycles. The third-order valence-electron chi connectivity index (χ3n) is 3.40. The summed E-state index contributed by atoms with van der Waals surface area (Å²) in [5.41, 5.74) is 6.08. The molecule has 0 saturated carbocycles. The smallest absolute Gasteiger partial charge is 0.00734 e. The molecule has 1 heteroatoms. The van der Waals surface area contributed by atoms with Crippen LogP contribution in [0.3, 0.4) is 0 Å². The standard InChI is InChI=1S/C17H34N/c1-3-5-7-9-10-11-12-14-16-17(18)15-13-8-6-4-2/h12,14,17H,1,3-11,13,15-16,18H2,2H3/b14-12+. The molecule has 0 saturated heterocycles. The Morgan fingerprint density at radius 3 is 2.39 bits per heavy atom. The highest BCUT2D eigenvalue weighted by Gasteiger charge is 1.98. The predicted octanol–water partition coefficient (Wildman–Crippen LogP) is 5.41. The van der Waals surface area contributed by atoms with E-state index >= 15 is 0 Å². The molecule has 0 aliphatic carbocycles. The molecule has 0 bridgehead atoms. The van der Waals surface area contributed by atoms with Crippen molar-refractivity contribution in [1.82, 2.24) is 0 Å². The first kappa shape index (κ1) is 17.7. The van der Waals surface area contributed by atoms with Crippen molar-refractivity contribution in [3.63, 3.8) is 0 Å². The first-order chi connectivity index (χ1) is 8.81. The number of allylic oxidation sites excluding steroid dienone is 1. The maximum absolute atomic E-state index is 6.08. The zero-order valence-corrected chi connectivity index (χ0v) is 12.5. The fraction of sp³-hybridized carbons (Fsp3) is 0.824. The summed E-state index contributed by atoms with van der Waals surface area (Å²) < 4.78 is 0. The minimum Gasteiger partial charge on any atom is -0.327 e. The lowest BCUT2D eigenvalue weighted by Gasteiger charge is -2.08. The van der Waals surface area contributed by atoms with Crippen LogP contribution in [0.1, 0.15) is 84.0 Å². The quantitative estimate of drug-likeness (QED) is 0.344. The minimum atomic E-state index is 0.379. The Morgan fingerprint density at radius 1 is 0.944 bits per heavy atom. The average Bonchev–Trinajstić information content (AvgIpc) is 2.38. The molecule has 0 aliphatic rings. The van der Waals surface area contributed by atoms with E-state index in [1.54, 1.807) is 0 Å². The molecule has 0 aromatic heterocycles. The van der Waals surface area contributed by atoms with E-state index in [-0.39, 0.29) is 0 Å². The van der Waals surface area contributed by atoms with Crippen LogP contribution in [0.2, 0.25) is 0 Å². The van der Waals surface area contributed by atoms with Gasteiger partial charge in [0.25, 0.3) is 0 Å². The highest BCUT2D eigenvalue weighted by atomic mass is 14.6. The summed E-state index contributed by atoms with van der Waals surface area (Å²) in [4.78, 5) is 0. The van der Waals surface area contributed by atoms with Crippen LogP contribution in [0.4, 0.5) is 0 Å². The molecule has 0 rings (SSSR count). The van der Waals surface area contributed by atoms with Crippen LogP contribution < -0.4 is 5.73 Å². The van der Waals surface area contributed by atoms with Crippen LogP contribution in [-0.2, 0) is 0 Å². The lowest BCUT2D eigenvalue weighted by atomic mass is 10.0. The molecular formula is C17H34N. The summed E-state index contributed by atoms with van der Waals surface area (Å²) in [7, 11) is 0. The van der Waals surface area contributed by atoms with Crippen molar-refractivity contribution < 1.29 is 0 Å². The van der Waals surface area contributed by atoms with Crippen molar-refractivity contribution >= 4 is 0 Å². The molecule has 0 heterocycles. The monoisotopic (exact) mass is 252 g/mol. The molecular weight excluding hydrogens is 218 g/mol. The van der Waals surface area contributed by atoms with Crippen LogP contribution in [0.15, 0.2) is 12.2 Å². The maximum atomic E-state index is 6.08. The lowest BCUT2D eigenvalue weighted by Crippen LogP contribution is -2.18. The van der Waals surface area contributed by atoms with Gasteiger partial charge in [-0.15, -0.1) is 0 Å². The summed E-state index contributed by atoms with van der Waals surface area (Å²) in [5.74, 6) is 0. The van der Waals surface area contributed by atoms with Crippen molar-refractivity contribution in [2.75, 3.05) is 0 Å². The van der Waals surface area contributed by atoms with Gasteiger partial charge in [0.2, 0.25) is 0 Å². The third-order valence-corrected chi connectivity index (χ3v) is 3.40. The second-order valence-corrected chi connectivity index (χ2v) is 5.37. The van der Waals surface area contributed by atoms with E-state index in [1.165, 1.54) is 64.2 Å². The van der Waals surface area contributed by atoms with E-state index in [0.29, 0.717) is 6.04 Å². The van der Waals surface area contributed by atoms with E-state index in [2.05, 4.69) is 26.0 Å². The summed E-state index contributed by atoms with van der Waals surface area (Å²) in [6.07, 6.45) is 19.8. The number of rotatable bonds is 13. The summed E-state index contributed by atoms with van der Waals surface area (Å²) in [6.45, 7) is 6.11. The van der Waals surface area contributed by atoms with Crippen LogP contribution in [0.5, 0.6) is 0 Å². The largest absolute Gasteiger partial charge is 0.327 e. The topological polar surface area (TPSA) is 26.0 Å². The molecule has 18 heavy (non-hydrogen) atoms.